The molecule has 5 heteroatoms. The molecule has 0 aliphatic rings. The Morgan fingerprint density at radius 1 is 0.514 bits per heavy atom. The first kappa shape index (κ1) is 31.2. The Bertz CT molecular complexity index is 785. The first-order chi connectivity index (χ1) is 18.1. The Balaban J connectivity index is 1.73. The molecule has 0 bridgehead atoms. The first-order valence-electron chi connectivity index (χ1n) is 14.7. The number of ether oxygens (including phenoxy) is 2. The standard InChI is InChI=1S/C32H50O4S/c1-3-5-7-9-11-13-15-17-23-35-31-25-27(19-21-29(31)33)37-28-20-22-30(34)32(26-28)36-24-18-16-14-12-10-8-6-4-2/h19-22,25-26,33-34H,3-18,23-24H2,1-2H3. The second kappa shape index (κ2) is 20.0. The van der Waals surface area contributed by atoms with Crippen LogP contribution in [-0.4, -0.2) is 23.4 Å². The van der Waals surface area contributed by atoms with Gasteiger partial charge in [-0.15, -0.1) is 0 Å². The van der Waals surface area contributed by atoms with E-state index in [-0.39, 0.29) is 11.5 Å². The number of hydrogen-bond donors (Lipinski definition) is 2. The molecule has 0 aliphatic heterocycles. The zero-order valence-electron chi connectivity index (χ0n) is 23.3. The van der Waals surface area contributed by atoms with Crippen molar-refractivity contribution in [1.29, 1.82) is 0 Å². The monoisotopic (exact) mass is 530 g/mol. The highest BCUT2D eigenvalue weighted by molar-refractivity contribution is 7.99. The summed E-state index contributed by atoms with van der Waals surface area (Å²) in [6.45, 7) is 5.73. The Morgan fingerprint density at radius 3 is 1.24 bits per heavy atom. The van der Waals surface area contributed by atoms with Crippen molar-refractivity contribution in [3.63, 3.8) is 0 Å². The molecule has 2 N–H and O–H groups in total. The van der Waals surface area contributed by atoms with Crippen molar-refractivity contribution in [2.45, 2.75) is 126 Å². The predicted octanol–water partition coefficient (Wildman–Crippen LogP) is 10.3. The van der Waals surface area contributed by atoms with Crippen molar-refractivity contribution in [2.75, 3.05) is 13.2 Å². The molecule has 0 saturated heterocycles. The average molecular weight is 531 g/mol. The number of unbranched alkanes of at least 4 members (excludes halogenated alkanes) is 14. The summed E-state index contributed by atoms with van der Waals surface area (Å²) in [5.41, 5.74) is 0. The summed E-state index contributed by atoms with van der Waals surface area (Å²) < 4.78 is 11.8. The molecule has 0 amide bonds. The van der Waals surface area contributed by atoms with Gasteiger partial charge in [-0.1, -0.05) is 116 Å². The minimum atomic E-state index is 0.170. The summed E-state index contributed by atoms with van der Waals surface area (Å²) in [4.78, 5) is 1.95. The molecule has 0 aliphatic carbocycles. The van der Waals surface area contributed by atoms with Gasteiger partial charge >= 0.3 is 0 Å². The zero-order chi connectivity index (χ0) is 26.6. The van der Waals surface area contributed by atoms with E-state index in [1.807, 2.05) is 24.3 Å². The summed E-state index contributed by atoms with van der Waals surface area (Å²) in [5.74, 6) is 1.39. The van der Waals surface area contributed by atoms with Gasteiger partial charge in [-0.05, 0) is 49.2 Å². The molecular weight excluding hydrogens is 480 g/mol. The van der Waals surface area contributed by atoms with Crippen LogP contribution in [0.3, 0.4) is 0 Å². The van der Waals surface area contributed by atoms with Gasteiger partial charge in [-0.3, -0.25) is 0 Å². The van der Waals surface area contributed by atoms with Crippen LogP contribution in [0.15, 0.2) is 46.2 Å². The number of benzene rings is 2. The van der Waals surface area contributed by atoms with Crippen LogP contribution < -0.4 is 9.47 Å². The lowest BCUT2D eigenvalue weighted by Gasteiger charge is -2.12. The third-order valence-electron chi connectivity index (χ3n) is 6.61. The zero-order valence-corrected chi connectivity index (χ0v) is 24.1. The minimum absolute atomic E-state index is 0.170. The SMILES string of the molecule is CCCCCCCCCCOc1cc(Sc2ccc(O)c(OCCCCCCCCCC)c2)ccc1O. The Hall–Kier alpha value is -2.01. The number of hydrogen-bond acceptors (Lipinski definition) is 5. The minimum Gasteiger partial charge on any atom is -0.504 e. The van der Waals surface area contributed by atoms with Gasteiger partial charge in [0.25, 0.3) is 0 Å². The molecule has 0 atom stereocenters. The molecule has 2 aromatic rings. The smallest absolute Gasteiger partial charge is 0.162 e. The molecule has 4 nitrogen and oxygen atoms in total. The lowest BCUT2D eigenvalue weighted by Crippen LogP contribution is -1.98. The van der Waals surface area contributed by atoms with E-state index in [2.05, 4.69) is 13.8 Å². The van der Waals surface area contributed by atoms with Gasteiger partial charge in [0.1, 0.15) is 0 Å². The molecule has 0 unspecified atom stereocenters. The molecule has 0 saturated carbocycles. The summed E-state index contributed by atoms with van der Waals surface area (Å²) in [5, 5.41) is 20.5. The molecule has 0 fully saturated rings. The van der Waals surface area contributed by atoms with Crippen LogP contribution in [0.5, 0.6) is 23.0 Å². The van der Waals surface area contributed by atoms with E-state index in [1.54, 1.807) is 23.9 Å². The summed E-state index contributed by atoms with van der Waals surface area (Å²) in [7, 11) is 0. The molecule has 2 aromatic carbocycles. The average Bonchev–Trinajstić information content (AvgIpc) is 2.90. The van der Waals surface area contributed by atoms with Gasteiger partial charge in [0.15, 0.2) is 23.0 Å². The van der Waals surface area contributed by atoms with Crippen molar-refractivity contribution < 1.29 is 19.7 Å². The number of aromatic hydroxyl groups is 2. The molecule has 0 spiro atoms. The topological polar surface area (TPSA) is 58.9 Å². The molecule has 2 rings (SSSR count). The van der Waals surface area contributed by atoms with Crippen molar-refractivity contribution >= 4 is 11.8 Å². The van der Waals surface area contributed by atoms with E-state index in [4.69, 9.17) is 9.47 Å². The second-order valence-corrected chi connectivity index (χ2v) is 11.2. The van der Waals surface area contributed by atoms with Crippen LogP contribution in [-0.2, 0) is 0 Å². The second-order valence-electron chi connectivity index (χ2n) is 10.0. The maximum absolute atomic E-state index is 10.2. The highest BCUT2D eigenvalue weighted by Gasteiger charge is 2.09. The van der Waals surface area contributed by atoms with Gasteiger partial charge in [-0.2, -0.15) is 0 Å². The Labute approximate surface area is 230 Å². The maximum Gasteiger partial charge on any atom is 0.162 e. The van der Waals surface area contributed by atoms with E-state index in [1.165, 1.54) is 77.0 Å². The molecule has 0 radical (unpaired) electrons. The fourth-order valence-electron chi connectivity index (χ4n) is 4.32. The lowest BCUT2D eigenvalue weighted by atomic mass is 10.1. The van der Waals surface area contributed by atoms with Crippen LogP contribution in [0.2, 0.25) is 0 Å². The van der Waals surface area contributed by atoms with Crippen LogP contribution >= 0.6 is 11.8 Å². The largest absolute Gasteiger partial charge is 0.504 e. The normalized spacial score (nSPS) is 11.1. The van der Waals surface area contributed by atoms with E-state index >= 15 is 0 Å². The van der Waals surface area contributed by atoms with Crippen LogP contribution in [0, 0.1) is 0 Å². The Kier molecular flexibility index (Phi) is 16.9. The summed E-state index contributed by atoms with van der Waals surface area (Å²) in [6, 6.07) is 10.9. The van der Waals surface area contributed by atoms with Crippen molar-refractivity contribution in [2.24, 2.45) is 0 Å². The maximum atomic E-state index is 10.2. The van der Waals surface area contributed by atoms with Gasteiger partial charge in [0.2, 0.25) is 0 Å². The van der Waals surface area contributed by atoms with Gasteiger partial charge in [-0.25, -0.2) is 0 Å². The van der Waals surface area contributed by atoms with Crippen molar-refractivity contribution in [1.82, 2.24) is 0 Å². The van der Waals surface area contributed by atoms with E-state index in [0.717, 1.165) is 35.5 Å². The van der Waals surface area contributed by atoms with Crippen LogP contribution in [0.4, 0.5) is 0 Å². The fraction of sp³-hybridized carbons (Fsp3) is 0.625. The molecule has 37 heavy (non-hydrogen) atoms. The van der Waals surface area contributed by atoms with Gasteiger partial charge in [0, 0.05) is 9.79 Å². The van der Waals surface area contributed by atoms with Crippen LogP contribution in [0.1, 0.15) is 117 Å². The van der Waals surface area contributed by atoms with E-state index in [9.17, 15) is 10.2 Å². The molecule has 0 aromatic heterocycles. The van der Waals surface area contributed by atoms with Crippen molar-refractivity contribution in [3.05, 3.63) is 36.4 Å². The summed E-state index contributed by atoms with van der Waals surface area (Å²) >= 11 is 1.56. The third-order valence-corrected chi connectivity index (χ3v) is 7.59. The third kappa shape index (κ3) is 13.9. The predicted molar refractivity (Wildman–Crippen MR) is 157 cm³/mol. The summed E-state index contributed by atoms with van der Waals surface area (Å²) in [6.07, 6.45) is 20.0. The first-order valence-corrected chi connectivity index (χ1v) is 15.5. The van der Waals surface area contributed by atoms with Crippen molar-refractivity contribution in [3.8, 4) is 23.0 Å². The quantitative estimate of drug-likeness (QED) is 0.148. The van der Waals surface area contributed by atoms with Crippen LogP contribution in [0.25, 0.3) is 0 Å². The Morgan fingerprint density at radius 2 is 0.865 bits per heavy atom. The number of rotatable bonds is 22. The van der Waals surface area contributed by atoms with E-state index in [0.29, 0.717) is 24.7 Å². The molecule has 208 valence electrons. The fourth-order valence-corrected chi connectivity index (χ4v) is 5.20. The number of phenolic OH excluding ortho intramolecular Hbond substituents is 2. The van der Waals surface area contributed by atoms with Gasteiger partial charge in [0.05, 0.1) is 13.2 Å². The van der Waals surface area contributed by atoms with Gasteiger partial charge < -0.3 is 19.7 Å². The van der Waals surface area contributed by atoms with E-state index < -0.39 is 0 Å². The highest BCUT2D eigenvalue weighted by Crippen LogP contribution is 2.38. The highest BCUT2D eigenvalue weighted by atomic mass is 32.2. The lowest BCUT2D eigenvalue weighted by molar-refractivity contribution is 0.288. The molecular formula is C32H50O4S. The number of phenols is 2. The molecule has 0 heterocycles.